The lowest BCUT2D eigenvalue weighted by atomic mass is 9.76. The fourth-order valence-electron chi connectivity index (χ4n) is 4.71. The van der Waals surface area contributed by atoms with Crippen LogP contribution in [0.3, 0.4) is 0 Å². The maximum absolute atomic E-state index is 12.9. The van der Waals surface area contributed by atoms with Gasteiger partial charge in [-0.25, -0.2) is 4.79 Å². The lowest BCUT2D eigenvalue weighted by Crippen LogP contribution is -2.30. The Morgan fingerprint density at radius 2 is 1.71 bits per heavy atom. The number of esters is 1. The van der Waals surface area contributed by atoms with Crippen LogP contribution in [0.25, 0.3) is 0 Å². The topological polar surface area (TPSA) is 92.8 Å². The number of hydrogen-bond acceptors (Lipinski definition) is 5. The highest BCUT2D eigenvalue weighted by Crippen LogP contribution is 2.42. The van der Waals surface area contributed by atoms with Crippen molar-refractivity contribution in [3.05, 3.63) is 57.6 Å². The fraction of sp³-hybridized carbons (Fsp3) is 0.385. The van der Waals surface area contributed by atoms with Gasteiger partial charge in [0.05, 0.1) is 23.1 Å². The highest BCUT2D eigenvalue weighted by molar-refractivity contribution is 9.10. The number of nitrogens with one attached hydrogen (secondary N) is 1. The third kappa shape index (κ3) is 4.78. The number of aryl methyl sites for hydroxylation is 2. The zero-order valence-electron chi connectivity index (χ0n) is 19.4. The highest BCUT2D eigenvalue weighted by Gasteiger charge is 2.49. The molecule has 1 heterocycles. The summed E-state index contributed by atoms with van der Waals surface area (Å²) in [6.45, 7) is 5.47. The molecular weight excluding hydrogens is 500 g/mol. The quantitative estimate of drug-likeness (QED) is 0.446. The first-order valence-electron chi connectivity index (χ1n) is 11.4. The Balaban J connectivity index is 1.36. The number of ether oxygens (including phenoxy) is 1. The third-order valence-electron chi connectivity index (χ3n) is 6.66. The molecule has 0 bridgehead atoms. The summed E-state index contributed by atoms with van der Waals surface area (Å²) >= 11 is 3.45. The molecule has 2 fully saturated rings. The van der Waals surface area contributed by atoms with E-state index in [1.807, 2.05) is 26.0 Å². The normalized spacial score (nSPS) is 21.9. The molecule has 1 N–H and O–H groups in total. The molecule has 8 heteroatoms. The summed E-state index contributed by atoms with van der Waals surface area (Å²) in [5.74, 6) is -1.49. The predicted octanol–water partition coefficient (Wildman–Crippen LogP) is 4.79. The standard InChI is InChI=1S/C26H27BrN2O5/c1-14-4-9-19-20(10-14)25(32)29(24(19)31)18-7-5-17(6-8-18)26(33)34-13-23(30)28-22-12-15(2)21(27)11-16(22)3/h5-8,11-12,14,19-20H,4,9-10,13H2,1-3H3,(H,28,30)/t14-,19-,20+/m1/s1. The van der Waals surface area contributed by atoms with Gasteiger partial charge in [-0.2, -0.15) is 0 Å². The van der Waals surface area contributed by atoms with Gasteiger partial charge in [0.1, 0.15) is 0 Å². The van der Waals surface area contributed by atoms with E-state index in [0.29, 0.717) is 17.3 Å². The summed E-state index contributed by atoms with van der Waals surface area (Å²) in [5.41, 5.74) is 3.19. The van der Waals surface area contributed by atoms with Gasteiger partial charge in [-0.15, -0.1) is 0 Å². The first kappa shape index (κ1) is 24.1. The number of anilines is 2. The van der Waals surface area contributed by atoms with Gasteiger partial charge in [0.25, 0.3) is 5.91 Å². The van der Waals surface area contributed by atoms with Crippen LogP contribution < -0.4 is 10.2 Å². The van der Waals surface area contributed by atoms with E-state index in [2.05, 4.69) is 28.2 Å². The number of halogens is 1. The SMILES string of the molecule is Cc1cc(NC(=O)COC(=O)c2ccc(N3C(=O)[C@H]4C[C@H](C)CC[C@H]4C3=O)cc2)c(C)cc1Br. The minimum atomic E-state index is -0.660. The Hall–Kier alpha value is -3.00. The molecule has 7 nitrogen and oxygen atoms in total. The summed E-state index contributed by atoms with van der Waals surface area (Å²) in [7, 11) is 0. The van der Waals surface area contributed by atoms with E-state index < -0.39 is 18.5 Å². The second-order valence-corrected chi connectivity index (χ2v) is 10.1. The maximum atomic E-state index is 12.9. The van der Waals surface area contributed by atoms with E-state index >= 15 is 0 Å². The van der Waals surface area contributed by atoms with Crippen molar-refractivity contribution < 1.29 is 23.9 Å². The van der Waals surface area contributed by atoms with Crippen LogP contribution in [0.2, 0.25) is 0 Å². The van der Waals surface area contributed by atoms with Crippen LogP contribution in [-0.2, 0) is 19.1 Å². The molecular formula is C26H27BrN2O5. The molecule has 1 aliphatic carbocycles. The number of carbonyl (C=O) groups is 4. The summed E-state index contributed by atoms with van der Waals surface area (Å²) in [6.07, 6.45) is 2.42. The Labute approximate surface area is 207 Å². The van der Waals surface area contributed by atoms with Gasteiger partial charge in [-0.05, 0) is 86.6 Å². The number of amides is 3. The van der Waals surface area contributed by atoms with Crippen molar-refractivity contribution in [2.24, 2.45) is 17.8 Å². The van der Waals surface area contributed by atoms with Gasteiger partial charge in [-0.1, -0.05) is 22.9 Å². The van der Waals surface area contributed by atoms with Gasteiger partial charge in [-0.3, -0.25) is 19.3 Å². The molecule has 1 saturated carbocycles. The summed E-state index contributed by atoms with van der Waals surface area (Å²) < 4.78 is 6.09. The number of carbonyl (C=O) groups excluding carboxylic acids is 4. The van der Waals surface area contributed by atoms with E-state index in [1.54, 1.807) is 12.1 Å². The van der Waals surface area contributed by atoms with Crippen molar-refractivity contribution in [2.75, 3.05) is 16.8 Å². The minimum Gasteiger partial charge on any atom is -0.452 e. The van der Waals surface area contributed by atoms with E-state index in [1.165, 1.54) is 17.0 Å². The van der Waals surface area contributed by atoms with Crippen LogP contribution in [0.15, 0.2) is 40.9 Å². The lowest BCUT2D eigenvalue weighted by Gasteiger charge is -2.25. The molecule has 2 aromatic rings. The Bertz CT molecular complexity index is 1160. The predicted molar refractivity (Wildman–Crippen MR) is 131 cm³/mol. The Morgan fingerprint density at radius 1 is 1.03 bits per heavy atom. The average Bonchev–Trinajstić information content (AvgIpc) is 3.05. The van der Waals surface area contributed by atoms with Gasteiger partial charge < -0.3 is 10.1 Å². The van der Waals surface area contributed by atoms with Crippen LogP contribution in [0.1, 0.15) is 47.7 Å². The lowest BCUT2D eigenvalue weighted by molar-refractivity contribution is -0.122. The van der Waals surface area contributed by atoms with Crippen molar-refractivity contribution in [3.63, 3.8) is 0 Å². The zero-order valence-corrected chi connectivity index (χ0v) is 21.0. The van der Waals surface area contributed by atoms with Crippen molar-refractivity contribution >= 4 is 51.0 Å². The van der Waals surface area contributed by atoms with Crippen LogP contribution in [-0.4, -0.2) is 30.3 Å². The Kier molecular flexibility index (Phi) is 6.89. The molecule has 0 unspecified atom stereocenters. The molecule has 3 atom stereocenters. The van der Waals surface area contributed by atoms with Crippen molar-refractivity contribution in [1.29, 1.82) is 0 Å². The van der Waals surface area contributed by atoms with Crippen LogP contribution in [0.5, 0.6) is 0 Å². The molecule has 4 rings (SSSR count). The fourth-order valence-corrected chi connectivity index (χ4v) is 5.16. The molecule has 2 aromatic carbocycles. The second-order valence-electron chi connectivity index (χ2n) is 9.23. The highest BCUT2D eigenvalue weighted by atomic mass is 79.9. The molecule has 2 aliphatic rings. The molecule has 178 valence electrons. The molecule has 0 aromatic heterocycles. The van der Waals surface area contributed by atoms with Crippen molar-refractivity contribution in [2.45, 2.75) is 40.0 Å². The van der Waals surface area contributed by atoms with E-state index in [9.17, 15) is 19.2 Å². The van der Waals surface area contributed by atoms with Gasteiger partial charge in [0.15, 0.2) is 6.61 Å². The summed E-state index contributed by atoms with van der Waals surface area (Å²) in [6, 6.07) is 9.90. The number of nitrogens with zero attached hydrogens (tertiary/aromatic N) is 1. The van der Waals surface area contributed by atoms with Crippen LogP contribution >= 0.6 is 15.9 Å². The number of hydrogen-bond donors (Lipinski definition) is 1. The summed E-state index contributed by atoms with van der Waals surface area (Å²) in [5, 5.41) is 2.75. The largest absolute Gasteiger partial charge is 0.452 e. The minimum absolute atomic E-state index is 0.160. The van der Waals surface area contributed by atoms with Gasteiger partial charge in [0.2, 0.25) is 11.8 Å². The van der Waals surface area contributed by atoms with E-state index in [4.69, 9.17) is 4.74 Å². The molecule has 34 heavy (non-hydrogen) atoms. The van der Waals surface area contributed by atoms with Gasteiger partial charge >= 0.3 is 5.97 Å². The number of fused-ring (bicyclic) bond motifs is 1. The zero-order chi connectivity index (χ0) is 24.6. The molecule has 0 radical (unpaired) electrons. The van der Waals surface area contributed by atoms with Crippen molar-refractivity contribution in [3.8, 4) is 0 Å². The monoisotopic (exact) mass is 526 g/mol. The molecule has 1 saturated heterocycles. The number of imide groups is 1. The molecule has 0 spiro atoms. The first-order valence-corrected chi connectivity index (χ1v) is 12.2. The number of rotatable bonds is 5. The second kappa shape index (κ2) is 9.70. The first-order chi connectivity index (χ1) is 16.2. The Morgan fingerprint density at radius 3 is 2.41 bits per heavy atom. The molecule has 3 amide bonds. The summed E-state index contributed by atoms with van der Waals surface area (Å²) in [4.78, 5) is 51.6. The smallest absolute Gasteiger partial charge is 0.338 e. The molecule has 1 aliphatic heterocycles. The van der Waals surface area contributed by atoms with E-state index in [0.717, 1.165) is 34.9 Å². The van der Waals surface area contributed by atoms with Crippen LogP contribution in [0.4, 0.5) is 11.4 Å². The number of benzene rings is 2. The van der Waals surface area contributed by atoms with Crippen LogP contribution in [0, 0.1) is 31.6 Å². The van der Waals surface area contributed by atoms with Gasteiger partial charge in [0, 0.05) is 10.2 Å². The maximum Gasteiger partial charge on any atom is 0.338 e. The van der Waals surface area contributed by atoms with Crippen molar-refractivity contribution in [1.82, 2.24) is 0 Å². The average molecular weight is 527 g/mol. The van der Waals surface area contributed by atoms with E-state index in [-0.39, 0.29) is 29.2 Å². The third-order valence-corrected chi connectivity index (χ3v) is 7.52.